The molecule has 4 nitrogen and oxygen atoms in total. The standard InChI is InChI=1S/C22H19F4N3OS/c23-17-5-7-19(8-6-17)28-9-11-29(12-10-28)20(30)13-18-14-31-21(27-18)15-1-3-16(4-2-15)22(24,25)26/h1-8,14H,9-13H2. The highest BCUT2D eigenvalue weighted by atomic mass is 32.1. The monoisotopic (exact) mass is 449 g/mol. The minimum absolute atomic E-state index is 0.0389. The maximum absolute atomic E-state index is 13.1. The van der Waals surface area contributed by atoms with Gasteiger partial charge >= 0.3 is 6.18 Å². The van der Waals surface area contributed by atoms with E-state index in [2.05, 4.69) is 9.88 Å². The number of hydrogen-bond acceptors (Lipinski definition) is 4. The van der Waals surface area contributed by atoms with Gasteiger partial charge in [0.1, 0.15) is 10.8 Å². The Kier molecular flexibility index (Phi) is 5.95. The molecular formula is C22H19F4N3OS. The first-order valence-electron chi connectivity index (χ1n) is 9.70. The summed E-state index contributed by atoms with van der Waals surface area (Å²) in [7, 11) is 0. The van der Waals surface area contributed by atoms with Gasteiger partial charge in [0.05, 0.1) is 17.7 Å². The van der Waals surface area contributed by atoms with E-state index in [-0.39, 0.29) is 18.1 Å². The van der Waals surface area contributed by atoms with Crippen molar-refractivity contribution in [1.82, 2.24) is 9.88 Å². The number of benzene rings is 2. The summed E-state index contributed by atoms with van der Waals surface area (Å²) in [6.07, 6.45) is -4.23. The summed E-state index contributed by atoms with van der Waals surface area (Å²) in [5.41, 5.74) is 1.41. The van der Waals surface area contributed by atoms with Gasteiger partial charge in [0.2, 0.25) is 5.91 Å². The van der Waals surface area contributed by atoms with Crippen LogP contribution < -0.4 is 4.90 Å². The lowest BCUT2D eigenvalue weighted by Crippen LogP contribution is -2.49. The van der Waals surface area contributed by atoms with Gasteiger partial charge in [-0.05, 0) is 36.4 Å². The topological polar surface area (TPSA) is 36.4 Å². The molecule has 1 fully saturated rings. The van der Waals surface area contributed by atoms with Gasteiger partial charge in [0, 0.05) is 42.8 Å². The number of piperazine rings is 1. The zero-order valence-corrected chi connectivity index (χ0v) is 17.2. The van der Waals surface area contributed by atoms with Crippen molar-refractivity contribution in [2.75, 3.05) is 31.1 Å². The van der Waals surface area contributed by atoms with Gasteiger partial charge in [-0.3, -0.25) is 4.79 Å². The Balaban J connectivity index is 1.33. The van der Waals surface area contributed by atoms with Crippen molar-refractivity contribution in [1.29, 1.82) is 0 Å². The number of anilines is 1. The van der Waals surface area contributed by atoms with Gasteiger partial charge in [-0.25, -0.2) is 9.37 Å². The number of halogens is 4. The molecule has 0 unspecified atom stereocenters. The Labute approximate surface area is 180 Å². The lowest BCUT2D eigenvalue weighted by Gasteiger charge is -2.36. The minimum atomic E-state index is -4.38. The SMILES string of the molecule is O=C(Cc1csc(-c2ccc(C(F)(F)F)cc2)n1)N1CCN(c2ccc(F)cc2)CC1. The highest BCUT2D eigenvalue weighted by Gasteiger charge is 2.30. The Hall–Kier alpha value is -2.94. The highest BCUT2D eigenvalue weighted by molar-refractivity contribution is 7.13. The van der Waals surface area contributed by atoms with Crippen molar-refractivity contribution in [3.05, 3.63) is 71.0 Å². The van der Waals surface area contributed by atoms with Crippen molar-refractivity contribution >= 4 is 22.9 Å². The zero-order chi connectivity index (χ0) is 22.0. The summed E-state index contributed by atoms with van der Waals surface area (Å²) in [6, 6.07) is 11.1. The van der Waals surface area contributed by atoms with E-state index in [0.717, 1.165) is 17.8 Å². The van der Waals surface area contributed by atoms with Crippen LogP contribution >= 0.6 is 11.3 Å². The van der Waals surface area contributed by atoms with E-state index in [0.29, 0.717) is 42.4 Å². The Morgan fingerprint density at radius 1 is 0.968 bits per heavy atom. The Bertz CT molecular complexity index is 1040. The van der Waals surface area contributed by atoms with Crippen LogP contribution in [0.1, 0.15) is 11.3 Å². The summed E-state index contributed by atoms with van der Waals surface area (Å²) in [4.78, 5) is 21.0. The van der Waals surface area contributed by atoms with Crippen LogP contribution in [0.2, 0.25) is 0 Å². The molecule has 1 aromatic heterocycles. The number of rotatable bonds is 4. The molecule has 4 rings (SSSR count). The first-order valence-corrected chi connectivity index (χ1v) is 10.6. The first kappa shape index (κ1) is 21.3. The van der Waals surface area contributed by atoms with Crippen molar-refractivity contribution in [3.8, 4) is 10.6 Å². The Morgan fingerprint density at radius 2 is 1.61 bits per heavy atom. The summed E-state index contributed by atoms with van der Waals surface area (Å²) in [6.45, 7) is 2.44. The summed E-state index contributed by atoms with van der Waals surface area (Å²) in [5.74, 6) is -0.320. The number of aromatic nitrogens is 1. The number of carbonyl (C=O) groups excluding carboxylic acids is 1. The molecule has 0 N–H and O–H groups in total. The maximum atomic E-state index is 13.1. The predicted octanol–water partition coefficient (Wildman–Crippen LogP) is 4.86. The van der Waals surface area contributed by atoms with E-state index in [1.165, 1.54) is 35.6 Å². The van der Waals surface area contributed by atoms with Crippen molar-refractivity contribution in [2.45, 2.75) is 12.6 Å². The van der Waals surface area contributed by atoms with E-state index in [1.54, 1.807) is 22.4 Å². The van der Waals surface area contributed by atoms with Gasteiger partial charge in [-0.2, -0.15) is 13.2 Å². The average molecular weight is 449 g/mol. The molecule has 2 heterocycles. The fraction of sp³-hybridized carbons (Fsp3) is 0.273. The Morgan fingerprint density at radius 3 is 2.23 bits per heavy atom. The zero-order valence-electron chi connectivity index (χ0n) is 16.4. The molecule has 31 heavy (non-hydrogen) atoms. The van der Waals surface area contributed by atoms with Crippen LogP contribution in [0, 0.1) is 5.82 Å². The van der Waals surface area contributed by atoms with Crippen LogP contribution in [-0.4, -0.2) is 42.0 Å². The molecule has 1 saturated heterocycles. The van der Waals surface area contributed by atoms with Gasteiger partial charge in [-0.1, -0.05) is 12.1 Å². The molecular weight excluding hydrogens is 430 g/mol. The number of amides is 1. The fourth-order valence-corrected chi connectivity index (χ4v) is 4.28. The van der Waals surface area contributed by atoms with Crippen LogP contribution in [0.3, 0.4) is 0 Å². The minimum Gasteiger partial charge on any atom is -0.368 e. The second kappa shape index (κ2) is 8.66. The molecule has 3 aromatic rings. The van der Waals surface area contributed by atoms with Crippen LogP contribution in [0.5, 0.6) is 0 Å². The van der Waals surface area contributed by atoms with Crippen molar-refractivity contribution in [2.24, 2.45) is 0 Å². The van der Waals surface area contributed by atoms with Crippen LogP contribution in [-0.2, 0) is 17.4 Å². The summed E-state index contributed by atoms with van der Waals surface area (Å²) in [5, 5.41) is 2.34. The number of nitrogens with zero attached hydrogens (tertiary/aromatic N) is 3. The van der Waals surface area contributed by atoms with Gasteiger partial charge < -0.3 is 9.80 Å². The number of thiazole rings is 1. The molecule has 0 spiro atoms. The molecule has 0 saturated carbocycles. The second-order valence-electron chi connectivity index (χ2n) is 7.24. The van der Waals surface area contributed by atoms with Crippen LogP contribution in [0.25, 0.3) is 10.6 Å². The molecule has 2 aromatic carbocycles. The normalized spacial score (nSPS) is 14.7. The number of carbonyl (C=O) groups is 1. The van der Waals surface area contributed by atoms with E-state index in [4.69, 9.17) is 0 Å². The molecule has 0 radical (unpaired) electrons. The van der Waals surface area contributed by atoms with E-state index < -0.39 is 11.7 Å². The number of alkyl halides is 3. The molecule has 1 aliphatic rings. The largest absolute Gasteiger partial charge is 0.416 e. The third-order valence-electron chi connectivity index (χ3n) is 5.17. The van der Waals surface area contributed by atoms with Crippen LogP contribution in [0.15, 0.2) is 53.9 Å². The molecule has 9 heteroatoms. The van der Waals surface area contributed by atoms with Gasteiger partial charge in [0.25, 0.3) is 0 Å². The third-order valence-corrected chi connectivity index (χ3v) is 6.11. The molecule has 1 aliphatic heterocycles. The van der Waals surface area contributed by atoms with Crippen molar-refractivity contribution < 1.29 is 22.4 Å². The fourth-order valence-electron chi connectivity index (χ4n) is 3.46. The van der Waals surface area contributed by atoms with Gasteiger partial charge in [0.15, 0.2) is 0 Å². The highest BCUT2D eigenvalue weighted by Crippen LogP contribution is 2.32. The molecule has 1 amide bonds. The van der Waals surface area contributed by atoms with Crippen LogP contribution in [0.4, 0.5) is 23.2 Å². The van der Waals surface area contributed by atoms with E-state index in [9.17, 15) is 22.4 Å². The van der Waals surface area contributed by atoms with E-state index >= 15 is 0 Å². The predicted molar refractivity (Wildman–Crippen MR) is 111 cm³/mol. The molecule has 0 bridgehead atoms. The lowest BCUT2D eigenvalue weighted by atomic mass is 10.1. The smallest absolute Gasteiger partial charge is 0.368 e. The second-order valence-corrected chi connectivity index (χ2v) is 8.10. The average Bonchev–Trinajstić information content (AvgIpc) is 3.22. The van der Waals surface area contributed by atoms with E-state index in [1.807, 2.05) is 0 Å². The molecule has 0 atom stereocenters. The van der Waals surface area contributed by atoms with Gasteiger partial charge in [-0.15, -0.1) is 11.3 Å². The first-order chi connectivity index (χ1) is 14.8. The molecule has 0 aliphatic carbocycles. The lowest BCUT2D eigenvalue weighted by molar-refractivity contribution is -0.137. The molecule has 162 valence electrons. The number of hydrogen-bond donors (Lipinski definition) is 0. The quantitative estimate of drug-likeness (QED) is 0.534. The summed E-state index contributed by atoms with van der Waals surface area (Å²) >= 11 is 1.30. The van der Waals surface area contributed by atoms with Crippen molar-refractivity contribution in [3.63, 3.8) is 0 Å². The summed E-state index contributed by atoms with van der Waals surface area (Å²) < 4.78 is 51.2. The maximum Gasteiger partial charge on any atom is 0.416 e. The third kappa shape index (κ3) is 5.04.